The normalized spacial score (nSPS) is 12.1. The summed E-state index contributed by atoms with van der Waals surface area (Å²) in [5.41, 5.74) is 3.11. The number of aromatic amines is 1. The average Bonchev–Trinajstić information content (AvgIpc) is 3.25. The number of aromatic nitrogens is 4. The molecule has 0 bridgehead atoms. The van der Waals surface area contributed by atoms with Crippen LogP contribution in [0.2, 0.25) is 0 Å². The minimum Gasteiger partial charge on any atom is -0.448 e. The molecule has 0 aliphatic heterocycles. The number of nitrogens with one attached hydrogen (secondary N) is 1. The van der Waals surface area contributed by atoms with Crippen molar-refractivity contribution in [1.29, 1.82) is 0 Å². The number of carbonyl (C=O) groups excluding carboxylic acids is 1. The molecule has 0 aliphatic rings. The Hall–Kier alpha value is -2.96. The van der Waals surface area contributed by atoms with Gasteiger partial charge in [-0.25, -0.2) is 4.79 Å². The summed E-state index contributed by atoms with van der Waals surface area (Å²) < 4.78 is 11.0. The Labute approximate surface area is 145 Å². The highest BCUT2D eigenvalue weighted by Gasteiger charge is 2.21. The molecule has 3 aromatic rings. The molecule has 2 heterocycles. The van der Waals surface area contributed by atoms with Crippen LogP contribution in [-0.4, -0.2) is 26.4 Å². The zero-order chi connectivity index (χ0) is 17.8. The quantitative estimate of drug-likeness (QED) is 0.689. The molecule has 0 aliphatic carbocycles. The maximum Gasteiger partial charge on any atom is 0.359 e. The van der Waals surface area contributed by atoms with E-state index in [1.807, 2.05) is 31.2 Å². The summed E-state index contributed by atoms with van der Waals surface area (Å²) in [6, 6.07) is 9.44. The lowest BCUT2D eigenvalue weighted by Gasteiger charge is -2.07. The van der Waals surface area contributed by atoms with Gasteiger partial charge in [0.2, 0.25) is 5.89 Å². The monoisotopic (exact) mass is 340 g/mol. The highest BCUT2D eigenvalue weighted by molar-refractivity contribution is 5.87. The van der Waals surface area contributed by atoms with Crippen molar-refractivity contribution in [2.45, 2.75) is 39.7 Å². The van der Waals surface area contributed by atoms with Gasteiger partial charge in [0.1, 0.15) is 0 Å². The fraction of sp³-hybridized carbons (Fsp3) is 0.333. The number of H-pyrrole nitrogens is 1. The Balaban J connectivity index is 1.67. The van der Waals surface area contributed by atoms with Gasteiger partial charge >= 0.3 is 5.97 Å². The topological polar surface area (TPSA) is 93.9 Å². The van der Waals surface area contributed by atoms with Gasteiger partial charge in [0.25, 0.3) is 5.89 Å². The van der Waals surface area contributed by atoms with E-state index in [0.29, 0.717) is 5.89 Å². The molecule has 0 spiro atoms. The molecule has 3 rings (SSSR count). The number of hydrogen-bond acceptors (Lipinski definition) is 6. The number of hydrogen-bond donors (Lipinski definition) is 1. The van der Waals surface area contributed by atoms with Gasteiger partial charge in [0.15, 0.2) is 11.8 Å². The summed E-state index contributed by atoms with van der Waals surface area (Å²) in [5, 5.41) is 14.8. The highest BCUT2D eigenvalue weighted by Crippen LogP contribution is 2.23. The largest absolute Gasteiger partial charge is 0.448 e. The van der Waals surface area contributed by atoms with Gasteiger partial charge < -0.3 is 9.15 Å². The molecule has 7 nitrogen and oxygen atoms in total. The second-order valence-corrected chi connectivity index (χ2v) is 5.89. The first kappa shape index (κ1) is 16.9. The molecule has 2 aromatic heterocycles. The van der Waals surface area contributed by atoms with Crippen LogP contribution in [0.25, 0.3) is 11.5 Å². The Kier molecular flexibility index (Phi) is 4.92. The van der Waals surface area contributed by atoms with E-state index >= 15 is 0 Å². The Morgan fingerprint density at radius 1 is 1.28 bits per heavy atom. The summed E-state index contributed by atoms with van der Waals surface area (Å²) in [6.07, 6.45) is 1.14. The summed E-state index contributed by atoms with van der Waals surface area (Å²) in [5.74, 6) is 0.109. The highest BCUT2D eigenvalue weighted by atomic mass is 16.6. The fourth-order valence-corrected chi connectivity index (χ4v) is 2.35. The first-order chi connectivity index (χ1) is 12.1. The van der Waals surface area contributed by atoms with Crippen molar-refractivity contribution in [1.82, 2.24) is 20.4 Å². The van der Waals surface area contributed by atoms with E-state index in [4.69, 9.17) is 9.15 Å². The molecule has 1 aromatic carbocycles. The zero-order valence-corrected chi connectivity index (χ0v) is 14.4. The summed E-state index contributed by atoms with van der Waals surface area (Å²) in [6.45, 7) is 5.75. The minimum absolute atomic E-state index is 0.244. The number of rotatable bonds is 6. The third kappa shape index (κ3) is 3.93. The third-order valence-corrected chi connectivity index (χ3v) is 3.73. The number of carbonyl (C=O) groups is 1. The van der Waals surface area contributed by atoms with Crippen LogP contribution in [0.1, 0.15) is 54.0 Å². The van der Waals surface area contributed by atoms with E-state index in [1.54, 1.807) is 13.0 Å². The number of nitrogens with zero attached hydrogens (tertiary/aromatic N) is 3. The molecular formula is C18H20N4O3. The van der Waals surface area contributed by atoms with Gasteiger partial charge in [-0.15, -0.1) is 10.2 Å². The summed E-state index contributed by atoms with van der Waals surface area (Å²) in [7, 11) is 0. The van der Waals surface area contributed by atoms with Gasteiger partial charge in [-0.05, 0) is 38.5 Å². The lowest BCUT2D eigenvalue weighted by molar-refractivity contribution is 0.0273. The molecule has 1 unspecified atom stereocenters. The molecule has 0 fully saturated rings. The summed E-state index contributed by atoms with van der Waals surface area (Å²) in [4.78, 5) is 12.2. The number of esters is 1. The van der Waals surface area contributed by atoms with Gasteiger partial charge in [0.05, 0.1) is 0 Å². The lowest BCUT2D eigenvalue weighted by Crippen LogP contribution is -2.10. The second kappa shape index (κ2) is 7.29. The van der Waals surface area contributed by atoms with Gasteiger partial charge in [0, 0.05) is 11.3 Å². The molecule has 130 valence electrons. The van der Waals surface area contributed by atoms with Crippen molar-refractivity contribution in [3.8, 4) is 11.5 Å². The molecule has 7 heteroatoms. The van der Waals surface area contributed by atoms with Crippen LogP contribution >= 0.6 is 0 Å². The smallest absolute Gasteiger partial charge is 0.359 e. The van der Waals surface area contributed by atoms with Gasteiger partial charge in [-0.3, -0.25) is 5.10 Å². The first-order valence-corrected chi connectivity index (χ1v) is 8.22. The fourth-order valence-electron chi connectivity index (χ4n) is 2.35. The van der Waals surface area contributed by atoms with Crippen LogP contribution in [0.4, 0.5) is 0 Å². The molecule has 25 heavy (non-hydrogen) atoms. The van der Waals surface area contributed by atoms with Crippen molar-refractivity contribution in [2.75, 3.05) is 0 Å². The number of aryl methyl sites for hydroxylation is 2. The predicted octanol–water partition coefficient (Wildman–Crippen LogP) is 3.64. The van der Waals surface area contributed by atoms with Crippen molar-refractivity contribution < 1.29 is 13.9 Å². The maximum absolute atomic E-state index is 12.2. The minimum atomic E-state index is -0.662. The van der Waals surface area contributed by atoms with E-state index in [0.717, 1.165) is 29.7 Å². The van der Waals surface area contributed by atoms with E-state index in [2.05, 4.69) is 27.3 Å². The molecular weight excluding hydrogens is 320 g/mol. The predicted molar refractivity (Wildman–Crippen MR) is 90.9 cm³/mol. The lowest BCUT2D eigenvalue weighted by atomic mass is 10.1. The van der Waals surface area contributed by atoms with Crippen molar-refractivity contribution in [3.63, 3.8) is 0 Å². The Morgan fingerprint density at radius 3 is 2.76 bits per heavy atom. The number of benzene rings is 1. The third-order valence-electron chi connectivity index (χ3n) is 3.73. The van der Waals surface area contributed by atoms with Crippen LogP contribution in [0.5, 0.6) is 0 Å². The SMILES string of the molecule is CCCc1cc(C(=O)OC(C)c2nnc(-c3ccc(C)cc3)o2)n[nH]1. The molecule has 0 amide bonds. The molecule has 1 atom stereocenters. The second-order valence-electron chi connectivity index (χ2n) is 5.89. The summed E-state index contributed by atoms with van der Waals surface area (Å²) >= 11 is 0. The first-order valence-electron chi connectivity index (χ1n) is 8.22. The van der Waals surface area contributed by atoms with Gasteiger partial charge in [-0.1, -0.05) is 31.0 Å². The van der Waals surface area contributed by atoms with Crippen molar-refractivity contribution in [2.24, 2.45) is 0 Å². The van der Waals surface area contributed by atoms with Crippen molar-refractivity contribution in [3.05, 3.63) is 53.2 Å². The van der Waals surface area contributed by atoms with Crippen LogP contribution in [0.3, 0.4) is 0 Å². The zero-order valence-electron chi connectivity index (χ0n) is 14.4. The van der Waals surface area contributed by atoms with Crippen LogP contribution in [0.15, 0.2) is 34.7 Å². The number of ether oxygens (including phenoxy) is 1. The van der Waals surface area contributed by atoms with Crippen LogP contribution < -0.4 is 0 Å². The Bertz CT molecular complexity index is 851. The van der Waals surface area contributed by atoms with E-state index in [1.165, 1.54) is 0 Å². The van der Waals surface area contributed by atoms with E-state index < -0.39 is 12.1 Å². The van der Waals surface area contributed by atoms with Gasteiger partial charge in [-0.2, -0.15) is 5.10 Å². The van der Waals surface area contributed by atoms with Crippen LogP contribution in [0, 0.1) is 6.92 Å². The standard InChI is InChI=1S/C18H20N4O3/c1-4-5-14-10-15(20-19-14)18(23)24-12(3)16-21-22-17(25-16)13-8-6-11(2)7-9-13/h6-10,12H,4-5H2,1-3H3,(H,19,20). The van der Waals surface area contributed by atoms with E-state index in [-0.39, 0.29) is 11.6 Å². The molecule has 0 saturated heterocycles. The average molecular weight is 340 g/mol. The molecule has 0 radical (unpaired) electrons. The Morgan fingerprint density at radius 2 is 2.04 bits per heavy atom. The maximum atomic E-state index is 12.2. The van der Waals surface area contributed by atoms with Crippen LogP contribution in [-0.2, 0) is 11.2 Å². The van der Waals surface area contributed by atoms with Crippen molar-refractivity contribution >= 4 is 5.97 Å². The molecule has 1 N–H and O–H groups in total. The molecule has 0 saturated carbocycles. The van der Waals surface area contributed by atoms with E-state index in [9.17, 15) is 4.79 Å².